The Morgan fingerprint density at radius 1 is 1.40 bits per heavy atom. The van der Waals surface area contributed by atoms with Crippen molar-refractivity contribution in [1.29, 1.82) is 0 Å². The Morgan fingerprint density at radius 2 is 2.13 bits per heavy atom. The van der Waals surface area contributed by atoms with Crippen LogP contribution >= 0.6 is 0 Å². The summed E-state index contributed by atoms with van der Waals surface area (Å²) in [5, 5.41) is 1.06. The first-order valence-corrected chi connectivity index (χ1v) is 5.17. The Hall–Kier alpha value is -1.57. The van der Waals surface area contributed by atoms with Crippen LogP contribution in [0.4, 0.5) is 0 Å². The molecule has 0 aliphatic rings. The molecule has 0 aliphatic heterocycles. The van der Waals surface area contributed by atoms with E-state index in [9.17, 15) is 4.79 Å². The van der Waals surface area contributed by atoms with Gasteiger partial charge in [0.25, 0.3) is 0 Å². The van der Waals surface area contributed by atoms with E-state index in [2.05, 4.69) is 6.92 Å². The molecule has 0 radical (unpaired) electrons. The fourth-order valence-electron chi connectivity index (χ4n) is 1.92. The van der Waals surface area contributed by atoms with Gasteiger partial charge in [0.05, 0.1) is 0 Å². The third-order valence-electron chi connectivity index (χ3n) is 2.75. The summed E-state index contributed by atoms with van der Waals surface area (Å²) in [6.45, 7) is 5.55. The third kappa shape index (κ3) is 1.46. The average molecular weight is 202 g/mol. The number of carbonyl (C=O) groups excluding carboxylic acids is 1. The average Bonchev–Trinajstić information content (AvgIpc) is 2.56. The number of aryl methyl sites for hydroxylation is 2. The molecule has 0 aliphatic carbocycles. The second kappa shape index (κ2) is 3.54. The normalized spacial score (nSPS) is 10.9. The summed E-state index contributed by atoms with van der Waals surface area (Å²) in [6, 6.07) is 6.04. The van der Waals surface area contributed by atoms with Crippen molar-refractivity contribution in [2.45, 2.75) is 27.2 Å². The van der Waals surface area contributed by atoms with Crippen LogP contribution in [-0.2, 0) is 6.42 Å². The van der Waals surface area contributed by atoms with E-state index in [1.54, 1.807) is 0 Å². The van der Waals surface area contributed by atoms with Crippen LogP contribution in [0.15, 0.2) is 22.6 Å². The highest BCUT2D eigenvalue weighted by Crippen LogP contribution is 2.28. The highest BCUT2D eigenvalue weighted by atomic mass is 16.3. The van der Waals surface area contributed by atoms with Crippen LogP contribution in [0.1, 0.15) is 35.5 Å². The maximum absolute atomic E-state index is 11.3. The molecular formula is C13H14O2. The molecule has 0 saturated carbocycles. The van der Waals surface area contributed by atoms with Crippen molar-refractivity contribution in [1.82, 2.24) is 0 Å². The second-order valence-electron chi connectivity index (χ2n) is 3.76. The van der Waals surface area contributed by atoms with E-state index >= 15 is 0 Å². The minimum absolute atomic E-state index is 0.00856. The van der Waals surface area contributed by atoms with Gasteiger partial charge in [-0.15, -0.1) is 0 Å². The molecule has 2 nitrogen and oxygen atoms in total. The van der Waals surface area contributed by atoms with E-state index in [0.717, 1.165) is 28.5 Å². The first kappa shape index (κ1) is 9.97. The Labute approximate surface area is 88.9 Å². The van der Waals surface area contributed by atoms with Gasteiger partial charge >= 0.3 is 0 Å². The predicted octanol–water partition coefficient (Wildman–Crippen LogP) is 3.51. The first-order chi connectivity index (χ1) is 7.15. The Bertz CT molecular complexity index is 521. The molecule has 0 fully saturated rings. The number of fused-ring (bicyclic) bond motifs is 1. The van der Waals surface area contributed by atoms with Gasteiger partial charge in [0.1, 0.15) is 5.58 Å². The molecule has 0 unspecified atom stereocenters. The van der Waals surface area contributed by atoms with E-state index in [4.69, 9.17) is 4.42 Å². The maximum atomic E-state index is 11.3. The van der Waals surface area contributed by atoms with Crippen LogP contribution in [0.2, 0.25) is 0 Å². The molecule has 1 aromatic heterocycles. The van der Waals surface area contributed by atoms with E-state index in [1.807, 2.05) is 25.1 Å². The highest BCUT2D eigenvalue weighted by molar-refractivity contribution is 5.99. The minimum atomic E-state index is -0.00856. The summed E-state index contributed by atoms with van der Waals surface area (Å²) in [7, 11) is 0. The quantitative estimate of drug-likeness (QED) is 0.697. The lowest BCUT2D eigenvalue weighted by atomic mass is 10.1. The lowest BCUT2D eigenvalue weighted by Crippen LogP contribution is -1.90. The summed E-state index contributed by atoms with van der Waals surface area (Å²) in [4.78, 5) is 11.3. The van der Waals surface area contributed by atoms with Crippen molar-refractivity contribution in [2.75, 3.05) is 0 Å². The first-order valence-electron chi connectivity index (χ1n) is 5.17. The molecule has 2 heteroatoms. The zero-order valence-electron chi connectivity index (χ0n) is 9.26. The van der Waals surface area contributed by atoms with Crippen LogP contribution in [0.3, 0.4) is 0 Å². The number of rotatable bonds is 2. The van der Waals surface area contributed by atoms with Crippen molar-refractivity contribution in [2.24, 2.45) is 0 Å². The summed E-state index contributed by atoms with van der Waals surface area (Å²) >= 11 is 0. The number of Topliss-reactive ketones (excluding diaryl/α,β-unsaturated/α-hetero) is 1. The molecule has 0 spiro atoms. The third-order valence-corrected chi connectivity index (χ3v) is 2.75. The molecule has 78 valence electrons. The van der Waals surface area contributed by atoms with Gasteiger partial charge in [-0.1, -0.05) is 25.1 Å². The minimum Gasteiger partial charge on any atom is -0.452 e. The topological polar surface area (TPSA) is 30.2 Å². The molecule has 0 N–H and O–H groups in total. The Morgan fingerprint density at radius 3 is 2.73 bits per heavy atom. The van der Waals surface area contributed by atoms with Crippen LogP contribution in [-0.4, -0.2) is 5.78 Å². The number of ketones is 1. The van der Waals surface area contributed by atoms with Crippen molar-refractivity contribution in [3.63, 3.8) is 0 Å². The van der Waals surface area contributed by atoms with E-state index in [-0.39, 0.29) is 5.78 Å². The van der Waals surface area contributed by atoms with E-state index in [1.165, 1.54) is 6.92 Å². The summed E-state index contributed by atoms with van der Waals surface area (Å²) < 4.78 is 5.63. The van der Waals surface area contributed by atoms with Crippen molar-refractivity contribution >= 4 is 16.8 Å². The lowest BCUT2D eigenvalue weighted by molar-refractivity contribution is 0.0988. The Kier molecular flexibility index (Phi) is 2.35. The molecule has 0 atom stereocenters. The molecular weight excluding hydrogens is 188 g/mol. The maximum Gasteiger partial charge on any atom is 0.195 e. The smallest absolute Gasteiger partial charge is 0.195 e. The fraction of sp³-hybridized carbons (Fsp3) is 0.308. The fourth-order valence-corrected chi connectivity index (χ4v) is 1.92. The SMILES string of the molecule is CCc1cccc2c(C)c(C(C)=O)oc12. The molecule has 15 heavy (non-hydrogen) atoms. The second-order valence-corrected chi connectivity index (χ2v) is 3.76. The molecule has 0 amide bonds. The van der Waals surface area contributed by atoms with Crippen molar-refractivity contribution in [3.05, 3.63) is 35.1 Å². The summed E-state index contributed by atoms with van der Waals surface area (Å²) in [5.41, 5.74) is 2.97. The number of hydrogen-bond acceptors (Lipinski definition) is 2. The van der Waals surface area contributed by atoms with Gasteiger partial charge in [0.2, 0.25) is 0 Å². The number of para-hydroxylation sites is 1. The standard InChI is InChI=1S/C13H14O2/c1-4-10-6-5-7-11-8(2)12(9(3)14)15-13(10)11/h5-7H,4H2,1-3H3. The molecule has 0 saturated heterocycles. The largest absolute Gasteiger partial charge is 0.452 e. The van der Waals surface area contributed by atoms with Gasteiger partial charge in [0.15, 0.2) is 11.5 Å². The van der Waals surface area contributed by atoms with E-state index < -0.39 is 0 Å². The molecule has 2 aromatic rings. The summed E-state index contributed by atoms with van der Waals surface area (Å²) in [5.74, 6) is 0.483. The Balaban J connectivity index is 2.81. The monoisotopic (exact) mass is 202 g/mol. The van der Waals surface area contributed by atoms with Gasteiger partial charge < -0.3 is 4.42 Å². The van der Waals surface area contributed by atoms with Crippen LogP contribution in [0.5, 0.6) is 0 Å². The lowest BCUT2D eigenvalue weighted by Gasteiger charge is -1.96. The molecule has 0 bridgehead atoms. The number of carbonyl (C=O) groups is 1. The number of benzene rings is 1. The van der Waals surface area contributed by atoms with Gasteiger partial charge in [0, 0.05) is 17.9 Å². The zero-order chi connectivity index (χ0) is 11.0. The number of hydrogen-bond donors (Lipinski definition) is 0. The number of furan rings is 1. The molecule has 2 rings (SSSR count). The van der Waals surface area contributed by atoms with Gasteiger partial charge in [-0.05, 0) is 18.9 Å². The zero-order valence-corrected chi connectivity index (χ0v) is 9.26. The molecule has 1 heterocycles. The van der Waals surface area contributed by atoms with E-state index in [0.29, 0.717) is 5.76 Å². The highest BCUT2D eigenvalue weighted by Gasteiger charge is 2.15. The van der Waals surface area contributed by atoms with Crippen LogP contribution in [0.25, 0.3) is 11.0 Å². The molecule has 1 aromatic carbocycles. The van der Waals surface area contributed by atoms with Crippen LogP contribution < -0.4 is 0 Å². The van der Waals surface area contributed by atoms with Crippen molar-refractivity contribution < 1.29 is 9.21 Å². The van der Waals surface area contributed by atoms with Gasteiger partial charge in [-0.3, -0.25) is 4.79 Å². The van der Waals surface area contributed by atoms with Gasteiger partial charge in [-0.2, -0.15) is 0 Å². The van der Waals surface area contributed by atoms with Crippen molar-refractivity contribution in [3.8, 4) is 0 Å². The summed E-state index contributed by atoms with van der Waals surface area (Å²) in [6.07, 6.45) is 0.918. The predicted molar refractivity (Wildman–Crippen MR) is 60.3 cm³/mol. The van der Waals surface area contributed by atoms with Crippen LogP contribution in [0, 0.1) is 6.92 Å². The van der Waals surface area contributed by atoms with Gasteiger partial charge in [-0.25, -0.2) is 0 Å².